The van der Waals surface area contributed by atoms with Gasteiger partial charge in [0, 0.05) is 13.0 Å². The zero-order valence-corrected chi connectivity index (χ0v) is 14.6. The molecule has 0 amide bonds. The van der Waals surface area contributed by atoms with E-state index < -0.39 is 36.0 Å². The van der Waals surface area contributed by atoms with Gasteiger partial charge in [-0.3, -0.25) is 24.6 Å². The van der Waals surface area contributed by atoms with Crippen LogP contribution < -0.4 is 28.3 Å². The van der Waals surface area contributed by atoms with Crippen LogP contribution in [0.2, 0.25) is 0 Å². The zero-order valence-electron chi connectivity index (χ0n) is 14.6. The van der Waals surface area contributed by atoms with Crippen LogP contribution in [0.4, 0.5) is 0 Å². The average molecular weight is 396 g/mol. The Bertz CT molecular complexity index is 487. The predicted octanol–water partition coefficient (Wildman–Crippen LogP) is -3.05. The fourth-order valence-electron chi connectivity index (χ4n) is 1.07. The number of rotatable bonds is 10. The van der Waals surface area contributed by atoms with Crippen LogP contribution in [0, 0.1) is 5.41 Å². The number of nitrogens with two attached hydrogens (primary N) is 4. The molecule has 0 radical (unpaired) electrons. The second kappa shape index (κ2) is 17.8. The molecule has 27 heavy (non-hydrogen) atoms. The summed E-state index contributed by atoms with van der Waals surface area (Å²) in [5.74, 6) is -4.28. The number of guanidine groups is 1. The third-order valence-corrected chi connectivity index (χ3v) is 2.49. The first-order valence-electron chi connectivity index (χ1n) is 7.53. The number of carboxylic acid groups (broad SMARTS) is 4. The number of hydrogen-bond acceptors (Lipinski definition) is 8. The number of carbonyl (C=O) groups is 4. The van der Waals surface area contributed by atoms with Gasteiger partial charge >= 0.3 is 23.9 Å². The summed E-state index contributed by atoms with van der Waals surface area (Å²) in [5, 5.41) is 41.6. The molecule has 0 aromatic heterocycles. The van der Waals surface area contributed by atoms with Gasteiger partial charge in [-0.15, -0.1) is 0 Å². The molecule has 0 heterocycles. The van der Waals surface area contributed by atoms with Crippen molar-refractivity contribution in [3.63, 3.8) is 0 Å². The molecule has 2 unspecified atom stereocenters. The maximum atomic E-state index is 10.2. The van der Waals surface area contributed by atoms with Gasteiger partial charge in [-0.1, -0.05) is 0 Å². The van der Waals surface area contributed by atoms with Crippen molar-refractivity contribution in [2.24, 2.45) is 22.9 Å². The summed E-state index contributed by atoms with van der Waals surface area (Å²) in [6, 6.07) is -1.88. The summed E-state index contributed by atoms with van der Waals surface area (Å²) in [4.78, 5) is 39.3. The largest absolute Gasteiger partial charge is 0.481 e. The van der Waals surface area contributed by atoms with E-state index in [2.05, 4.69) is 11.1 Å². The highest BCUT2D eigenvalue weighted by Crippen LogP contribution is 1.93. The molecule has 0 aliphatic carbocycles. The van der Waals surface area contributed by atoms with Gasteiger partial charge in [0.25, 0.3) is 0 Å². The first kappa shape index (κ1) is 28.8. The Hall–Kier alpha value is -2.97. The Morgan fingerprint density at radius 1 is 0.889 bits per heavy atom. The van der Waals surface area contributed by atoms with Crippen molar-refractivity contribution in [3.8, 4) is 0 Å². The molecular weight excluding hydrogens is 368 g/mol. The molecule has 0 aromatic carbocycles. The minimum atomic E-state index is -1.17. The summed E-state index contributed by atoms with van der Waals surface area (Å²) in [6.45, 7) is 0.205. The Kier molecular flexibility index (Phi) is 19.0. The third-order valence-electron chi connectivity index (χ3n) is 2.49. The van der Waals surface area contributed by atoms with Crippen LogP contribution >= 0.6 is 0 Å². The van der Waals surface area contributed by atoms with Crippen LogP contribution in [0.3, 0.4) is 0 Å². The highest BCUT2D eigenvalue weighted by atomic mass is 16.4. The highest BCUT2D eigenvalue weighted by Gasteiger charge is 2.12. The van der Waals surface area contributed by atoms with E-state index in [1.165, 1.54) is 0 Å². The van der Waals surface area contributed by atoms with E-state index in [1.807, 2.05) is 0 Å². The van der Waals surface area contributed by atoms with Gasteiger partial charge in [-0.2, -0.15) is 0 Å². The van der Waals surface area contributed by atoms with Crippen LogP contribution in [0.15, 0.2) is 0 Å². The first-order valence-corrected chi connectivity index (χ1v) is 7.53. The van der Waals surface area contributed by atoms with Crippen LogP contribution in [-0.2, 0) is 19.2 Å². The van der Waals surface area contributed by atoms with E-state index in [9.17, 15) is 19.2 Å². The summed E-state index contributed by atoms with van der Waals surface area (Å²) in [7, 11) is 0. The summed E-state index contributed by atoms with van der Waals surface area (Å²) in [6.07, 6.45) is 0.751. The molecule has 158 valence electrons. The zero-order chi connectivity index (χ0) is 22.0. The number of hydrogen-bond donors (Lipinski definition) is 10. The van der Waals surface area contributed by atoms with Crippen LogP contribution in [0.25, 0.3) is 0 Å². The SMILES string of the molecule is N=C(N)NCCCC(N)C(=O)O.NC(CCC(=O)O)C(=O)O.NCC(=O)O. The maximum Gasteiger partial charge on any atom is 0.320 e. The Morgan fingerprint density at radius 2 is 1.30 bits per heavy atom. The van der Waals surface area contributed by atoms with Crippen molar-refractivity contribution in [1.82, 2.24) is 5.32 Å². The molecule has 14 N–H and O–H groups in total. The fourth-order valence-corrected chi connectivity index (χ4v) is 1.07. The lowest BCUT2D eigenvalue weighted by molar-refractivity contribution is -0.140. The van der Waals surface area contributed by atoms with E-state index >= 15 is 0 Å². The molecule has 0 aromatic rings. The molecule has 14 heteroatoms. The Morgan fingerprint density at radius 3 is 1.59 bits per heavy atom. The van der Waals surface area contributed by atoms with Gasteiger partial charge in [0.1, 0.15) is 12.1 Å². The van der Waals surface area contributed by atoms with Gasteiger partial charge in [-0.25, -0.2) is 0 Å². The lowest BCUT2D eigenvalue weighted by atomic mass is 10.2. The van der Waals surface area contributed by atoms with Gasteiger partial charge in [0.15, 0.2) is 5.96 Å². The lowest BCUT2D eigenvalue weighted by Gasteiger charge is -2.06. The quantitative estimate of drug-likeness (QED) is 0.0998. The van der Waals surface area contributed by atoms with E-state index in [1.54, 1.807) is 0 Å². The second-order valence-corrected chi connectivity index (χ2v) is 4.90. The topological polar surface area (TPSA) is 289 Å². The lowest BCUT2D eigenvalue weighted by Crippen LogP contribution is -2.34. The second-order valence-electron chi connectivity index (χ2n) is 4.90. The molecule has 2 atom stereocenters. The van der Waals surface area contributed by atoms with E-state index in [4.69, 9.17) is 43.0 Å². The summed E-state index contributed by atoms with van der Waals surface area (Å²) >= 11 is 0. The molecule has 0 saturated heterocycles. The Labute approximate surface area is 155 Å². The van der Waals surface area contributed by atoms with Crippen molar-refractivity contribution in [1.29, 1.82) is 5.41 Å². The summed E-state index contributed by atoms with van der Waals surface area (Å²) < 4.78 is 0. The predicted molar refractivity (Wildman–Crippen MR) is 93.9 cm³/mol. The average Bonchev–Trinajstić information content (AvgIpc) is 2.56. The first-order chi connectivity index (χ1) is 12.3. The maximum absolute atomic E-state index is 10.2. The van der Waals surface area contributed by atoms with Gasteiger partial charge < -0.3 is 48.7 Å². The highest BCUT2D eigenvalue weighted by molar-refractivity contribution is 5.75. The van der Waals surface area contributed by atoms with Gasteiger partial charge in [0.2, 0.25) is 0 Å². The monoisotopic (exact) mass is 396 g/mol. The van der Waals surface area contributed by atoms with Crippen molar-refractivity contribution in [3.05, 3.63) is 0 Å². The molecule has 0 fully saturated rings. The molecule has 0 bridgehead atoms. The Balaban J connectivity index is -0.000000347. The molecule has 0 aliphatic heterocycles. The van der Waals surface area contributed by atoms with Crippen molar-refractivity contribution < 1.29 is 39.6 Å². The van der Waals surface area contributed by atoms with Crippen LogP contribution in [0.1, 0.15) is 25.7 Å². The molecule has 0 saturated carbocycles. The van der Waals surface area contributed by atoms with Crippen LogP contribution in [-0.4, -0.2) is 75.4 Å². The van der Waals surface area contributed by atoms with E-state index in [-0.39, 0.29) is 25.3 Å². The number of nitrogens with one attached hydrogen (secondary N) is 2. The molecular formula is C13H28N6O8. The van der Waals surface area contributed by atoms with E-state index in [0.717, 1.165) is 0 Å². The van der Waals surface area contributed by atoms with Crippen molar-refractivity contribution in [2.75, 3.05) is 13.1 Å². The standard InChI is InChI=1S/C6H14N4O2.C5H9NO4.C2H5NO2/c7-4(5(11)12)2-1-3-10-6(8)9;6-3(5(9)10)1-2-4(7)8;3-1-2(4)5/h4H,1-3,7H2,(H,11,12)(H4,8,9,10);3H,1-2,6H2,(H,7,8)(H,9,10);1,3H2,(H,4,5). The summed E-state index contributed by atoms with van der Waals surface area (Å²) in [5.41, 5.74) is 19.8. The minimum absolute atomic E-state index is 0.0231. The van der Waals surface area contributed by atoms with Gasteiger partial charge in [-0.05, 0) is 19.3 Å². The fraction of sp³-hybridized carbons (Fsp3) is 0.615. The normalized spacial score (nSPS) is 11.4. The molecule has 0 aliphatic rings. The van der Waals surface area contributed by atoms with Crippen LogP contribution in [0.5, 0.6) is 0 Å². The molecule has 14 nitrogen and oxygen atoms in total. The van der Waals surface area contributed by atoms with E-state index in [0.29, 0.717) is 19.4 Å². The van der Waals surface area contributed by atoms with Gasteiger partial charge in [0.05, 0.1) is 6.54 Å². The number of carboxylic acids is 4. The van der Waals surface area contributed by atoms with Crippen molar-refractivity contribution >= 4 is 29.8 Å². The third kappa shape index (κ3) is 28.1. The smallest absolute Gasteiger partial charge is 0.320 e. The number of aliphatic carboxylic acids is 4. The minimum Gasteiger partial charge on any atom is -0.481 e. The molecule has 0 spiro atoms. The van der Waals surface area contributed by atoms with Crippen molar-refractivity contribution in [2.45, 2.75) is 37.8 Å². The molecule has 0 rings (SSSR count).